The zero-order valence-corrected chi connectivity index (χ0v) is 21.6. The highest BCUT2D eigenvalue weighted by Gasteiger charge is 2.48. The van der Waals surface area contributed by atoms with Gasteiger partial charge in [-0.3, -0.25) is 14.5 Å². The summed E-state index contributed by atoms with van der Waals surface area (Å²) in [6, 6.07) is 14.9. The van der Waals surface area contributed by atoms with E-state index in [0.29, 0.717) is 39.8 Å². The van der Waals surface area contributed by atoms with Crippen molar-refractivity contribution in [1.29, 1.82) is 0 Å². The Kier molecular flexibility index (Phi) is 7.11. The second-order valence-corrected chi connectivity index (χ2v) is 8.62. The molecule has 3 aromatic rings. The maximum atomic E-state index is 13.6. The third-order valence-electron chi connectivity index (χ3n) is 6.43. The van der Waals surface area contributed by atoms with Crippen molar-refractivity contribution in [3.8, 4) is 23.0 Å². The summed E-state index contributed by atoms with van der Waals surface area (Å²) in [5.41, 5.74) is 2.90. The van der Waals surface area contributed by atoms with Crippen molar-refractivity contribution in [2.24, 2.45) is 0 Å². The van der Waals surface area contributed by atoms with Crippen LogP contribution in [0.15, 0.2) is 60.2 Å². The van der Waals surface area contributed by atoms with E-state index in [1.807, 2.05) is 32.0 Å². The summed E-state index contributed by atoms with van der Waals surface area (Å²) in [7, 11) is 5.93. The van der Waals surface area contributed by atoms with Gasteiger partial charge in [0.25, 0.3) is 11.7 Å². The minimum atomic E-state index is -0.986. The predicted octanol–water partition coefficient (Wildman–Crippen LogP) is 4.96. The number of para-hydroxylation sites is 1. The van der Waals surface area contributed by atoms with Gasteiger partial charge in [0.05, 0.1) is 45.6 Å². The smallest absolute Gasteiger partial charge is 0.300 e. The fourth-order valence-corrected chi connectivity index (χ4v) is 4.64. The molecule has 1 aliphatic rings. The fourth-order valence-electron chi connectivity index (χ4n) is 4.64. The molecule has 1 amide bonds. The van der Waals surface area contributed by atoms with E-state index in [0.717, 1.165) is 11.1 Å². The van der Waals surface area contributed by atoms with Gasteiger partial charge in [0.1, 0.15) is 11.5 Å². The van der Waals surface area contributed by atoms with Gasteiger partial charge in [-0.25, -0.2) is 0 Å². The van der Waals surface area contributed by atoms with Gasteiger partial charge < -0.3 is 24.1 Å². The standard InChI is InChI=1S/C29H29NO7/c1-16-11-12-21(34-3)19(13-16)26(31)24-25(18-14-22(35-4)28(37-6)23(15-18)36-5)30(29(33)27(24)32)20-10-8-7-9-17(20)2/h7-15,25,31H,1-6H3/b26-24+. The van der Waals surface area contributed by atoms with E-state index in [4.69, 9.17) is 18.9 Å². The van der Waals surface area contributed by atoms with Crippen LogP contribution in [0.3, 0.4) is 0 Å². The summed E-state index contributed by atoms with van der Waals surface area (Å²) in [4.78, 5) is 28.5. The number of aliphatic hydroxyl groups is 1. The summed E-state index contributed by atoms with van der Waals surface area (Å²) >= 11 is 0. The molecule has 192 valence electrons. The summed E-state index contributed by atoms with van der Waals surface area (Å²) in [5, 5.41) is 11.6. The number of carbonyl (C=O) groups excluding carboxylic acids is 2. The highest BCUT2D eigenvalue weighted by Crippen LogP contribution is 2.48. The Bertz CT molecular complexity index is 1380. The number of benzene rings is 3. The molecular weight excluding hydrogens is 474 g/mol. The largest absolute Gasteiger partial charge is 0.507 e. The lowest BCUT2D eigenvalue weighted by atomic mass is 9.93. The molecule has 1 aliphatic heterocycles. The van der Waals surface area contributed by atoms with Gasteiger partial charge in [-0.05, 0) is 55.3 Å². The van der Waals surface area contributed by atoms with E-state index < -0.39 is 17.7 Å². The number of amides is 1. The number of hydrogen-bond acceptors (Lipinski definition) is 7. The highest BCUT2D eigenvalue weighted by atomic mass is 16.5. The Labute approximate surface area is 215 Å². The first kappa shape index (κ1) is 25.6. The van der Waals surface area contributed by atoms with Crippen LogP contribution in [0.1, 0.15) is 28.3 Å². The zero-order valence-electron chi connectivity index (χ0n) is 21.6. The van der Waals surface area contributed by atoms with E-state index in [1.165, 1.54) is 33.3 Å². The van der Waals surface area contributed by atoms with Crippen LogP contribution in [0.5, 0.6) is 23.0 Å². The molecule has 3 aromatic carbocycles. The molecule has 0 aromatic heterocycles. The van der Waals surface area contributed by atoms with Gasteiger partial charge in [-0.1, -0.05) is 29.8 Å². The molecule has 0 saturated carbocycles. The Morgan fingerprint density at radius 3 is 2.00 bits per heavy atom. The molecule has 37 heavy (non-hydrogen) atoms. The monoisotopic (exact) mass is 503 g/mol. The van der Waals surface area contributed by atoms with Crippen LogP contribution in [0, 0.1) is 13.8 Å². The summed E-state index contributed by atoms with van der Waals surface area (Å²) in [6.07, 6.45) is 0. The van der Waals surface area contributed by atoms with Gasteiger partial charge >= 0.3 is 0 Å². The van der Waals surface area contributed by atoms with Crippen LogP contribution in [-0.2, 0) is 9.59 Å². The zero-order chi connectivity index (χ0) is 26.9. The SMILES string of the molecule is COc1ccc(C)cc1/C(O)=C1\C(=O)C(=O)N(c2ccccc2C)C1c1cc(OC)c(OC)c(OC)c1. The summed E-state index contributed by atoms with van der Waals surface area (Å²) < 4.78 is 22.0. The number of Topliss-reactive ketones (excluding diaryl/α,β-unsaturated/α-hetero) is 1. The number of rotatable bonds is 7. The first-order valence-corrected chi connectivity index (χ1v) is 11.6. The van der Waals surface area contributed by atoms with E-state index >= 15 is 0 Å². The average Bonchev–Trinajstić information content (AvgIpc) is 3.17. The molecule has 8 heteroatoms. The van der Waals surface area contributed by atoms with Crippen LogP contribution in [0.4, 0.5) is 5.69 Å². The molecule has 0 radical (unpaired) electrons. The third-order valence-corrected chi connectivity index (χ3v) is 6.43. The number of nitrogens with zero attached hydrogens (tertiary/aromatic N) is 1. The van der Waals surface area contributed by atoms with Gasteiger partial charge in [0.15, 0.2) is 11.5 Å². The number of carbonyl (C=O) groups is 2. The van der Waals surface area contributed by atoms with E-state index in [2.05, 4.69) is 0 Å². The van der Waals surface area contributed by atoms with Crippen LogP contribution in [-0.4, -0.2) is 45.2 Å². The molecule has 1 saturated heterocycles. The van der Waals surface area contributed by atoms with Crippen molar-refractivity contribution in [2.75, 3.05) is 33.3 Å². The Hall–Kier alpha value is -4.46. The van der Waals surface area contributed by atoms with Gasteiger partial charge in [0, 0.05) is 5.69 Å². The van der Waals surface area contributed by atoms with Gasteiger partial charge in [-0.15, -0.1) is 0 Å². The molecule has 0 spiro atoms. The van der Waals surface area contributed by atoms with Crippen molar-refractivity contribution in [2.45, 2.75) is 19.9 Å². The van der Waals surface area contributed by atoms with Gasteiger partial charge in [0.2, 0.25) is 5.75 Å². The minimum Gasteiger partial charge on any atom is -0.507 e. The molecule has 1 fully saturated rings. The van der Waals surface area contributed by atoms with Crippen molar-refractivity contribution < 1.29 is 33.6 Å². The fraction of sp³-hybridized carbons (Fsp3) is 0.241. The number of aryl methyl sites for hydroxylation is 2. The molecule has 1 N–H and O–H groups in total. The lowest BCUT2D eigenvalue weighted by molar-refractivity contribution is -0.132. The Morgan fingerprint density at radius 2 is 1.43 bits per heavy atom. The normalized spacial score (nSPS) is 16.6. The van der Waals surface area contributed by atoms with Crippen LogP contribution < -0.4 is 23.8 Å². The number of aliphatic hydroxyl groups excluding tert-OH is 1. The molecule has 0 bridgehead atoms. The molecule has 4 rings (SSSR count). The number of methoxy groups -OCH3 is 4. The summed E-state index contributed by atoms with van der Waals surface area (Å²) in [6.45, 7) is 3.71. The first-order valence-electron chi connectivity index (χ1n) is 11.6. The highest BCUT2D eigenvalue weighted by molar-refractivity contribution is 6.51. The molecule has 1 unspecified atom stereocenters. The van der Waals surface area contributed by atoms with Crippen molar-refractivity contribution in [1.82, 2.24) is 0 Å². The van der Waals surface area contributed by atoms with E-state index in [1.54, 1.807) is 36.4 Å². The molecule has 1 atom stereocenters. The summed E-state index contributed by atoms with van der Waals surface area (Å²) in [5.74, 6) is -0.491. The first-order chi connectivity index (χ1) is 17.8. The lowest BCUT2D eigenvalue weighted by Gasteiger charge is -2.28. The molecule has 0 aliphatic carbocycles. The number of anilines is 1. The average molecular weight is 504 g/mol. The number of hydrogen-bond donors (Lipinski definition) is 1. The molecule has 1 heterocycles. The third kappa shape index (κ3) is 4.35. The van der Waals surface area contributed by atoms with E-state index in [9.17, 15) is 14.7 Å². The quantitative estimate of drug-likeness (QED) is 0.277. The van der Waals surface area contributed by atoms with Crippen LogP contribution >= 0.6 is 0 Å². The van der Waals surface area contributed by atoms with Gasteiger partial charge in [-0.2, -0.15) is 0 Å². The van der Waals surface area contributed by atoms with Crippen LogP contribution in [0.25, 0.3) is 5.76 Å². The maximum Gasteiger partial charge on any atom is 0.300 e. The van der Waals surface area contributed by atoms with Crippen molar-refractivity contribution in [3.05, 3.63) is 82.4 Å². The second-order valence-electron chi connectivity index (χ2n) is 8.62. The lowest BCUT2D eigenvalue weighted by Crippen LogP contribution is -2.30. The van der Waals surface area contributed by atoms with Crippen LogP contribution in [0.2, 0.25) is 0 Å². The molecule has 8 nitrogen and oxygen atoms in total. The van der Waals surface area contributed by atoms with Crippen molar-refractivity contribution >= 4 is 23.1 Å². The van der Waals surface area contributed by atoms with E-state index in [-0.39, 0.29) is 11.3 Å². The molecular formula is C29H29NO7. The minimum absolute atomic E-state index is 0.0774. The second kappa shape index (κ2) is 10.3. The number of ketones is 1. The maximum absolute atomic E-state index is 13.6. The number of ether oxygens (including phenoxy) is 4. The van der Waals surface area contributed by atoms with Crippen molar-refractivity contribution in [3.63, 3.8) is 0 Å². The Balaban J connectivity index is 2.07. The topological polar surface area (TPSA) is 94.5 Å². The predicted molar refractivity (Wildman–Crippen MR) is 140 cm³/mol. The Morgan fingerprint density at radius 1 is 0.811 bits per heavy atom.